The summed E-state index contributed by atoms with van der Waals surface area (Å²) in [5.41, 5.74) is 7.04. The van der Waals surface area contributed by atoms with Crippen molar-refractivity contribution < 1.29 is 39.2 Å². The van der Waals surface area contributed by atoms with Crippen molar-refractivity contribution in [1.29, 1.82) is 0 Å². The number of sulfonamides is 2. The minimum absolute atomic E-state index is 0.0347. The van der Waals surface area contributed by atoms with Gasteiger partial charge in [-0.15, -0.1) is 20.4 Å². The lowest BCUT2D eigenvalue weighted by Gasteiger charge is -2.21. The summed E-state index contributed by atoms with van der Waals surface area (Å²) in [6, 6.07) is 22.9. The van der Waals surface area contributed by atoms with Crippen LogP contribution < -0.4 is 14.3 Å². The van der Waals surface area contributed by atoms with Gasteiger partial charge in [0.1, 0.15) is 11.4 Å². The van der Waals surface area contributed by atoms with Crippen LogP contribution in [-0.4, -0.2) is 72.3 Å². The summed E-state index contributed by atoms with van der Waals surface area (Å²) in [6.07, 6.45) is -2.58. The Morgan fingerprint density at radius 1 is 0.694 bits per heavy atom. The number of aromatic nitrogens is 6. The second-order valence-electron chi connectivity index (χ2n) is 10.1. The second kappa shape index (κ2) is 15.3. The maximum absolute atomic E-state index is 12.5. The Morgan fingerprint density at radius 3 is 1.55 bits per heavy atom. The number of nitrogens with two attached hydrogens (primary N) is 1. The van der Waals surface area contributed by atoms with E-state index in [2.05, 4.69) is 35.0 Å². The van der Waals surface area contributed by atoms with Gasteiger partial charge in [0.05, 0.1) is 54.9 Å². The van der Waals surface area contributed by atoms with E-state index in [1.165, 1.54) is 22.5 Å². The molecule has 3 heterocycles. The zero-order chi connectivity index (χ0) is 35.8. The molecule has 3 aromatic heterocycles. The van der Waals surface area contributed by atoms with Crippen LogP contribution in [0.15, 0.2) is 89.3 Å². The molecule has 49 heavy (non-hydrogen) atoms. The predicted octanol–water partition coefficient (Wildman–Crippen LogP) is 3.10. The van der Waals surface area contributed by atoms with Crippen molar-refractivity contribution in [3.05, 3.63) is 108 Å². The molecular formula is C29H28F3N9O6S2. The van der Waals surface area contributed by atoms with Crippen molar-refractivity contribution in [2.24, 2.45) is 5.73 Å². The minimum atomic E-state index is -4.76. The van der Waals surface area contributed by atoms with Gasteiger partial charge in [0, 0.05) is 0 Å². The summed E-state index contributed by atoms with van der Waals surface area (Å²) in [7, 11) is -7.06. The number of para-hydroxylation sites is 2. The van der Waals surface area contributed by atoms with Gasteiger partial charge in [0.25, 0.3) is 5.89 Å². The molecule has 0 unspecified atom stereocenters. The third-order valence-electron chi connectivity index (χ3n) is 6.30. The number of rotatable bonds is 11. The average Bonchev–Trinajstić information content (AvgIpc) is 3.58. The van der Waals surface area contributed by atoms with Gasteiger partial charge in [-0.2, -0.15) is 23.4 Å². The van der Waals surface area contributed by atoms with Crippen molar-refractivity contribution in [2.75, 3.05) is 27.7 Å². The van der Waals surface area contributed by atoms with E-state index in [0.717, 1.165) is 16.8 Å². The van der Waals surface area contributed by atoms with Crippen molar-refractivity contribution in [3.8, 4) is 11.6 Å². The van der Waals surface area contributed by atoms with E-state index in [9.17, 15) is 34.8 Å². The molecule has 15 nitrogen and oxygen atoms in total. The summed E-state index contributed by atoms with van der Waals surface area (Å²) < 4.78 is 92.4. The fraction of sp³-hybridized carbons (Fsp3) is 0.207. The Bertz CT molecular complexity index is 2070. The summed E-state index contributed by atoms with van der Waals surface area (Å²) >= 11 is 0. The zero-order valence-electron chi connectivity index (χ0n) is 25.8. The van der Waals surface area contributed by atoms with Crippen LogP contribution in [-0.2, 0) is 39.3 Å². The van der Waals surface area contributed by atoms with E-state index in [4.69, 9.17) is 5.73 Å². The highest BCUT2D eigenvalue weighted by molar-refractivity contribution is 7.92. The van der Waals surface area contributed by atoms with Crippen molar-refractivity contribution >= 4 is 37.2 Å². The molecule has 20 heteroatoms. The van der Waals surface area contributed by atoms with E-state index in [0.29, 0.717) is 17.1 Å². The van der Waals surface area contributed by atoms with E-state index in [1.807, 2.05) is 0 Å². The van der Waals surface area contributed by atoms with Crippen LogP contribution in [0.1, 0.15) is 27.8 Å². The molecule has 0 bridgehead atoms. The lowest BCUT2D eigenvalue weighted by molar-refractivity contribution is -0.157. The Balaban J connectivity index is 0.000000226. The topological polar surface area (TPSA) is 208 Å². The SMILES string of the molecule is CS(=O)(=O)N(Cc1ccc(-c2nnc(C(F)(F)F)o2)nn1)c1ccccc1.CS(=O)(=O)N(Cc1ccc(C(=O)CN)nn1)c1ccccc1. The Labute approximate surface area is 278 Å². The number of hydrogen-bond acceptors (Lipinski definition) is 13. The molecule has 0 atom stereocenters. The number of carbonyl (C=O) groups is 1. The van der Waals surface area contributed by atoms with Crippen LogP contribution in [0.25, 0.3) is 11.6 Å². The maximum atomic E-state index is 12.5. The second-order valence-corrected chi connectivity index (χ2v) is 13.9. The fourth-order valence-corrected chi connectivity index (χ4v) is 5.72. The highest BCUT2D eigenvalue weighted by Crippen LogP contribution is 2.30. The molecule has 0 amide bonds. The van der Waals surface area contributed by atoms with E-state index < -0.39 is 38.0 Å². The van der Waals surface area contributed by atoms with Crippen LogP contribution in [0.5, 0.6) is 0 Å². The van der Waals surface area contributed by atoms with Gasteiger partial charge in [-0.05, 0) is 48.5 Å². The molecule has 0 aliphatic carbocycles. The molecule has 5 rings (SSSR count). The average molecular weight is 720 g/mol. The molecular weight excluding hydrogens is 692 g/mol. The molecule has 2 N–H and O–H groups in total. The third kappa shape index (κ3) is 10.1. The molecule has 0 fully saturated rings. The van der Waals surface area contributed by atoms with Gasteiger partial charge in [-0.3, -0.25) is 13.4 Å². The first-order valence-corrected chi connectivity index (χ1v) is 17.6. The van der Waals surface area contributed by atoms with Gasteiger partial charge in [0.2, 0.25) is 20.0 Å². The minimum Gasteiger partial charge on any atom is -0.411 e. The molecule has 5 aromatic rings. The van der Waals surface area contributed by atoms with Crippen molar-refractivity contribution in [3.63, 3.8) is 0 Å². The van der Waals surface area contributed by atoms with Crippen LogP contribution in [0.3, 0.4) is 0 Å². The number of hydrogen-bond donors (Lipinski definition) is 1. The van der Waals surface area contributed by atoms with Gasteiger partial charge >= 0.3 is 12.1 Å². The van der Waals surface area contributed by atoms with Crippen LogP contribution in [0.4, 0.5) is 24.5 Å². The van der Waals surface area contributed by atoms with Crippen molar-refractivity contribution in [1.82, 2.24) is 30.6 Å². The first-order valence-electron chi connectivity index (χ1n) is 13.9. The van der Waals surface area contributed by atoms with Gasteiger partial charge in [-0.25, -0.2) is 16.8 Å². The third-order valence-corrected chi connectivity index (χ3v) is 8.58. The first-order chi connectivity index (χ1) is 23.1. The first kappa shape index (κ1) is 36.5. The Morgan fingerprint density at radius 2 is 1.18 bits per heavy atom. The molecule has 0 saturated heterocycles. The lowest BCUT2D eigenvalue weighted by atomic mass is 10.2. The monoisotopic (exact) mass is 719 g/mol. The molecule has 0 spiro atoms. The number of halogens is 3. The summed E-state index contributed by atoms with van der Waals surface area (Å²) in [6.45, 7) is -0.214. The molecule has 258 valence electrons. The molecule has 0 radical (unpaired) electrons. The van der Waals surface area contributed by atoms with E-state index in [-0.39, 0.29) is 42.5 Å². The largest absolute Gasteiger partial charge is 0.470 e. The summed E-state index contributed by atoms with van der Waals surface area (Å²) in [4.78, 5) is 11.4. The zero-order valence-corrected chi connectivity index (χ0v) is 27.4. The van der Waals surface area contributed by atoms with E-state index in [1.54, 1.807) is 66.7 Å². The number of Topliss-reactive ketones (excluding diaryl/α,β-unsaturated/α-hetero) is 1. The quantitative estimate of drug-likeness (QED) is 0.195. The summed E-state index contributed by atoms with van der Waals surface area (Å²) in [5.74, 6) is -2.25. The number of benzene rings is 2. The number of ketones is 1. The smallest absolute Gasteiger partial charge is 0.411 e. The van der Waals surface area contributed by atoms with E-state index >= 15 is 0 Å². The highest BCUT2D eigenvalue weighted by atomic mass is 32.2. The number of nitrogens with zero attached hydrogens (tertiary/aromatic N) is 8. The van der Waals surface area contributed by atoms with Gasteiger partial charge in [-0.1, -0.05) is 36.4 Å². The van der Waals surface area contributed by atoms with Crippen LogP contribution >= 0.6 is 0 Å². The standard InChI is InChI=1S/C15H12F3N5O3S.C14H16N4O3S/c1-27(24,25)23(11-5-3-2-4-6-11)9-10-7-8-12(20-19-10)13-21-22-14(26-13)15(16,17)18;1-22(20,21)18(12-5-3-2-4-6-12)10-11-7-8-13(17-16-11)14(19)9-15/h2-8H,9H2,1H3;2-8H,9-10,15H2,1H3. The maximum Gasteiger partial charge on any atom is 0.470 e. The number of anilines is 2. The lowest BCUT2D eigenvalue weighted by Crippen LogP contribution is -2.29. The van der Waals surface area contributed by atoms with Crippen molar-refractivity contribution in [2.45, 2.75) is 19.3 Å². The molecule has 0 saturated carbocycles. The highest BCUT2D eigenvalue weighted by Gasteiger charge is 2.38. The van der Waals surface area contributed by atoms with Crippen LogP contribution in [0, 0.1) is 0 Å². The summed E-state index contributed by atoms with van der Waals surface area (Å²) in [5, 5.41) is 21.4. The Hall–Kier alpha value is -5.34. The normalized spacial score (nSPS) is 11.7. The molecule has 0 aliphatic rings. The molecule has 0 aliphatic heterocycles. The number of alkyl halides is 3. The molecule has 2 aromatic carbocycles. The van der Waals surface area contributed by atoms with Gasteiger partial charge in [0.15, 0.2) is 5.78 Å². The predicted molar refractivity (Wildman–Crippen MR) is 171 cm³/mol. The fourth-order valence-electron chi connectivity index (χ4n) is 3.98. The number of carbonyl (C=O) groups excluding carboxylic acids is 1. The Kier molecular flexibility index (Phi) is 11.4. The van der Waals surface area contributed by atoms with Gasteiger partial charge < -0.3 is 10.2 Å². The van der Waals surface area contributed by atoms with Crippen LogP contribution in [0.2, 0.25) is 0 Å².